The van der Waals surface area contributed by atoms with E-state index in [1.807, 2.05) is 24.3 Å². The number of hydrogen-bond donors (Lipinski definition) is 1. The van der Waals surface area contributed by atoms with Crippen LogP contribution >= 0.6 is 11.6 Å². The van der Waals surface area contributed by atoms with Gasteiger partial charge in [-0.3, -0.25) is 9.69 Å². The number of carbonyl (C=O) groups is 1. The average Bonchev–Trinajstić information content (AvgIpc) is 2.46. The van der Waals surface area contributed by atoms with Gasteiger partial charge >= 0.3 is 0 Å². The van der Waals surface area contributed by atoms with Gasteiger partial charge in [-0.25, -0.2) is 0 Å². The van der Waals surface area contributed by atoms with Crippen LogP contribution in [0, 0.1) is 0 Å². The lowest BCUT2D eigenvalue weighted by molar-refractivity contribution is -0.121. The van der Waals surface area contributed by atoms with Crippen LogP contribution in [0.2, 0.25) is 5.02 Å². The van der Waals surface area contributed by atoms with Crippen LogP contribution < -0.4 is 5.32 Å². The summed E-state index contributed by atoms with van der Waals surface area (Å²) in [6, 6.07) is 8.21. The molecule has 1 atom stereocenters. The second kappa shape index (κ2) is 9.80. The van der Waals surface area contributed by atoms with Crippen LogP contribution in [0.4, 0.5) is 0 Å². The minimum Gasteiger partial charge on any atom is -0.355 e. The van der Waals surface area contributed by atoms with E-state index < -0.39 is 0 Å². The van der Waals surface area contributed by atoms with Crippen LogP contribution in [-0.2, 0) is 11.2 Å². The Balaban J connectivity index is 2.22. The largest absolute Gasteiger partial charge is 0.355 e. The van der Waals surface area contributed by atoms with E-state index in [4.69, 9.17) is 11.6 Å². The average molecular weight is 311 g/mol. The third-order valence-electron chi connectivity index (χ3n) is 3.79. The molecule has 0 bridgehead atoms. The lowest BCUT2D eigenvalue weighted by Gasteiger charge is -2.26. The smallest absolute Gasteiger partial charge is 0.220 e. The molecule has 1 N–H and O–H groups in total. The van der Waals surface area contributed by atoms with Crippen LogP contribution in [-0.4, -0.2) is 36.5 Å². The quantitative estimate of drug-likeness (QED) is 0.757. The van der Waals surface area contributed by atoms with Gasteiger partial charge in [-0.15, -0.1) is 0 Å². The van der Waals surface area contributed by atoms with Crippen LogP contribution in [0.3, 0.4) is 0 Å². The van der Waals surface area contributed by atoms with Crippen molar-refractivity contribution >= 4 is 17.5 Å². The number of nitrogens with zero attached hydrogens (tertiary/aromatic N) is 1. The molecule has 3 nitrogen and oxygen atoms in total. The number of halogens is 1. The first-order valence-electron chi connectivity index (χ1n) is 7.82. The van der Waals surface area contributed by atoms with E-state index in [0.29, 0.717) is 12.5 Å². The fourth-order valence-electron chi connectivity index (χ4n) is 2.47. The van der Waals surface area contributed by atoms with Crippen molar-refractivity contribution in [2.75, 3.05) is 19.6 Å². The molecule has 0 spiro atoms. The van der Waals surface area contributed by atoms with Gasteiger partial charge in [-0.1, -0.05) is 37.6 Å². The SMILES string of the molecule is CCN(CC)C(C)CNC(=O)CCCc1cccc(Cl)c1. The fourth-order valence-corrected chi connectivity index (χ4v) is 2.68. The highest BCUT2D eigenvalue weighted by molar-refractivity contribution is 6.30. The normalized spacial score (nSPS) is 12.4. The molecule has 0 fully saturated rings. The highest BCUT2D eigenvalue weighted by Gasteiger charge is 2.11. The number of rotatable bonds is 9. The first-order chi connectivity index (χ1) is 10.1. The standard InChI is InChI=1S/C17H27ClN2O/c1-4-20(5-2)14(3)13-19-17(21)11-7-9-15-8-6-10-16(18)12-15/h6,8,10,12,14H,4-5,7,9,11,13H2,1-3H3,(H,19,21). The number of benzene rings is 1. The molecule has 0 aromatic heterocycles. The summed E-state index contributed by atoms with van der Waals surface area (Å²) < 4.78 is 0. The highest BCUT2D eigenvalue weighted by Crippen LogP contribution is 2.12. The maximum Gasteiger partial charge on any atom is 0.220 e. The molecule has 0 saturated heterocycles. The summed E-state index contributed by atoms with van der Waals surface area (Å²) in [5.74, 6) is 0.135. The zero-order valence-corrected chi connectivity index (χ0v) is 14.1. The van der Waals surface area contributed by atoms with Crippen LogP contribution in [0.15, 0.2) is 24.3 Å². The Morgan fingerprint density at radius 1 is 1.33 bits per heavy atom. The van der Waals surface area contributed by atoms with Crippen LogP contribution in [0.25, 0.3) is 0 Å². The summed E-state index contributed by atoms with van der Waals surface area (Å²) in [7, 11) is 0. The van der Waals surface area contributed by atoms with Crippen LogP contribution in [0.5, 0.6) is 0 Å². The number of likely N-dealkylation sites (N-methyl/N-ethyl adjacent to an activating group) is 1. The van der Waals surface area contributed by atoms with E-state index in [-0.39, 0.29) is 5.91 Å². The summed E-state index contributed by atoms with van der Waals surface area (Å²) >= 11 is 5.94. The van der Waals surface area contributed by atoms with Crippen LogP contribution in [0.1, 0.15) is 39.2 Å². The Hall–Kier alpha value is -1.06. The zero-order chi connectivity index (χ0) is 15.7. The summed E-state index contributed by atoms with van der Waals surface area (Å²) in [4.78, 5) is 14.2. The van der Waals surface area contributed by atoms with Crippen molar-refractivity contribution in [1.29, 1.82) is 0 Å². The molecule has 0 saturated carbocycles. The van der Waals surface area contributed by atoms with Gasteiger partial charge in [-0.05, 0) is 50.6 Å². The maximum absolute atomic E-state index is 11.8. The number of nitrogens with one attached hydrogen (secondary N) is 1. The Morgan fingerprint density at radius 3 is 2.67 bits per heavy atom. The Labute approximate surface area is 133 Å². The molecule has 118 valence electrons. The first kappa shape index (κ1) is 18.0. The van der Waals surface area contributed by atoms with E-state index in [2.05, 4.69) is 31.0 Å². The second-order valence-electron chi connectivity index (χ2n) is 5.36. The van der Waals surface area contributed by atoms with Gasteiger partial charge in [0.05, 0.1) is 0 Å². The van der Waals surface area contributed by atoms with Crippen molar-refractivity contribution in [2.45, 2.75) is 46.1 Å². The highest BCUT2D eigenvalue weighted by atomic mass is 35.5. The van der Waals surface area contributed by atoms with Crippen molar-refractivity contribution in [3.05, 3.63) is 34.9 Å². The predicted octanol–water partition coefficient (Wildman–Crippen LogP) is 3.51. The molecule has 4 heteroatoms. The van der Waals surface area contributed by atoms with Gasteiger partial charge in [0, 0.05) is 24.0 Å². The van der Waals surface area contributed by atoms with Crippen molar-refractivity contribution < 1.29 is 4.79 Å². The molecule has 0 aliphatic carbocycles. The maximum atomic E-state index is 11.8. The second-order valence-corrected chi connectivity index (χ2v) is 5.79. The van der Waals surface area contributed by atoms with Gasteiger partial charge in [0.25, 0.3) is 0 Å². The molecule has 1 aromatic carbocycles. The van der Waals surface area contributed by atoms with Crippen molar-refractivity contribution in [1.82, 2.24) is 10.2 Å². The Kier molecular flexibility index (Phi) is 8.40. The van der Waals surface area contributed by atoms with Gasteiger partial charge < -0.3 is 5.32 Å². The lowest BCUT2D eigenvalue weighted by Crippen LogP contribution is -2.41. The summed E-state index contributed by atoms with van der Waals surface area (Å²) in [5.41, 5.74) is 1.19. The van der Waals surface area contributed by atoms with E-state index in [9.17, 15) is 4.79 Å². The molecule has 1 amide bonds. The molecular formula is C17H27ClN2O. The lowest BCUT2D eigenvalue weighted by atomic mass is 10.1. The van der Waals surface area contributed by atoms with Crippen molar-refractivity contribution in [2.24, 2.45) is 0 Å². The molecule has 0 radical (unpaired) electrons. The fraction of sp³-hybridized carbons (Fsp3) is 0.588. The summed E-state index contributed by atoms with van der Waals surface area (Å²) in [6.45, 7) is 9.20. The Bertz CT molecular complexity index is 433. The topological polar surface area (TPSA) is 32.3 Å². The zero-order valence-electron chi connectivity index (χ0n) is 13.4. The number of amides is 1. The third kappa shape index (κ3) is 6.96. The molecule has 1 unspecified atom stereocenters. The minimum absolute atomic E-state index is 0.135. The van der Waals surface area contributed by atoms with Gasteiger partial charge in [0.15, 0.2) is 0 Å². The van der Waals surface area contributed by atoms with Gasteiger partial charge in [0.2, 0.25) is 5.91 Å². The summed E-state index contributed by atoms with van der Waals surface area (Å²) in [6.07, 6.45) is 2.31. The van der Waals surface area contributed by atoms with E-state index in [1.165, 1.54) is 5.56 Å². The molecule has 1 aromatic rings. The van der Waals surface area contributed by atoms with Gasteiger partial charge in [-0.2, -0.15) is 0 Å². The molecule has 0 aliphatic rings. The number of hydrogen-bond acceptors (Lipinski definition) is 2. The first-order valence-corrected chi connectivity index (χ1v) is 8.19. The minimum atomic E-state index is 0.135. The predicted molar refractivity (Wildman–Crippen MR) is 89.8 cm³/mol. The van der Waals surface area contributed by atoms with Crippen molar-refractivity contribution in [3.63, 3.8) is 0 Å². The van der Waals surface area contributed by atoms with E-state index >= 15 is 0 Å². The summed E-state index contributed by atoms with van der Waals surface area (Å²) in [5, 5.41) is 3.78. The van der Waals surface area contributed by atoms with E-state index in [1.54, 1.807) is 0 Å². The van der Waals surface area contributed by atoms with Gasteiger partial charge in [0.1, 0.15) is 0 Å². The molecule has 21 heavy (non-hydrogen) atoms. The number of aryl methyl sites for hydroxylation is 1. The third-order valence-corrected chi connectivity index (χ3v) is 4.02. The monoisotopic (exact) mass is 310 g/mol. The van der Waals surface area contributed by atoms with Crippen molar-refractivity contribution in [3.8, 4) is 0 Å². The van der Waals surface area contributed by atoms with E-state index in [0.717, 1.165) is 37.5 Å². The molecule has 0 heterocycles. The molecule has 1 rings (SSSR count). The molecule has 0 aliphatic heterocycles. The number of carbonyl (C=O) groups excluding carboxylic acids is 1. The molecular weight excluding hydrogens is 284 g/mol. The Morgan fingerprint density at radius 2 is 2.05 bits per heavy atom.